The highest BCUT2D eigenvalue weighted by molar-refractivity contribution is 6.30. The molecule has 0 amide bonds. The van der Waals surface area contributed by atoms with Crippen LogP contribution in [0.25, 0.3) is 0 Å². The third-order valence-corrected chi connectivity index (χ3v) is 1.15. The van der Waals surface area contributed by atoms with Crippen LogP contribution in [-0.2, 0) is 4.79 Å². The van der Waals surface area contributed by atoms with E-state index >= 15 is 0 Å². The SMILES string of the molecule is CCCC(Cl)=CC(C)=O. The number of carbonyl (C=O) groups excluding carboxylic acids is 1. The summed E-state index contributed by atoms with van der Waals surface area (Å²) >= 11 is 5.62. The Morgan fingerprint density at radius 2 is 2.22 bits per heavy atom. The van der Waals surface area contributed by atoms with Gasteiger partial charge in [0.2, 0.25) is 0 Å². The molecular weight excluding hydrogens is 136 g/mol. The monoisotopic (exact) mass is 146 g/mol. The first-order valence-corrected chi connectivity index (χ1v) is 3.41. The van der Waals surface area contributed by atoms with Crippen molar-refractivity contribution in [3.63, 3.8) is 0 Å². The fourth-order valence-corrected chi connectivity index (χ4v) is 0.874. The molecule has 0 aliphatic heterocycles. The second-order valence-corrected chi connectivity index (χ2v) is 2.44. The molecule has 52 valence electrons. The summed E-state index contributed by atoms with van der Waals surface area (Å²) in [5.74, 6) is 0.0217. The molecule has 0 fully saturated rings. The first-order valence-electron chi connectivity index (χ1n) is 3.03. The van der Waals surface area contributed by atoms with Gasteiger partial charge in [-0.15, -0.1) is 0 Å². The number of hydrogen-bond acceptors (Lipinski definition) is 1. The van der Waals surface area contributed by atoms with E-state index in [1.54, 1.807) is 0 Å². The van der Waals surface area contributed by atoms with E-state index < -0.39 is 0 Å². The molecule has 0 aromatic rings. The molecule has 9 heavy (non-hydrogen) atoms. The van der Waals surface area contributed by atoms with Crippen LogP contribution in [0.2, 0.25) is 0 Å². The summed E-state index contributed by atoms with van der Waals surface area (Å²) in [6.45, 7) is 3.52. The number of hydrogen-bond donors (Lipinski definition) is 0. The molecule has 0 heterocycles. The van der Waals surface area contributed by atoms with Crippen LogP contribution in [0.1, 0.15) is 26.7 Å². The highest BCUT2D eigenvalue weighted by Crippen LogP contribution is 2.08. The van der Waals surface area contributed by atoms with Gasteiger partial charge in [0.1, 0.15) is 0 Å². The minimum atomic E-state index is 0.0217. The predicted octanol–water partition coefficient (Wildman–Crippen LogP) is 2.50. The lowest BCUT2D eigenvalue weighted by molar-refractivity contribution is -0.112. The van der Waals surface area contributed by atoms with Gasteiger partial charge in [-0.2, -0.15) is 0 Å². The third-order valence-electron chi connectivity index (χ3n) is 0.849. The zero-order valence-electron chi connectivity index (χ0n) is 5.78. The largest absolute Gasteiger partial charge is 0.295 e. The van der Waals surface area contributed by atoms with E-state index in [1.807, 2.05) is 6.92 Å². The zero-order valence-corrected chi connectivity index (χ0v) is 6.53. The Morgan fingerprint density at radius 3 is 2.56 bits per heavy atom. The second kappa shape index (κ2) is 4.57. The van der Waals surface area contributed by atoms with Crippen LogP contribution in [0.3, 0.4) is 0 Å². The lowest BCUT2D eigenvalue weighted by Crippen LogP contribution is -1.82. The van der Waals surface area contributed by atoms with E-state index in [9.17, 15) is 4.79 Å². The maximum Gasteiger partial charge on any atom is 0.153 e. The molecule has 1 nitrogen and oxygen atoms in total. The molecule has 0 bridgehead atoms. The molecule has 0 N–H and O–H groups in total. The van der Waals surface area contributed by atoms with Crippen molar-refractivity contribution in [2.45, 2.75) is 26.7 Å². The summed E-state index contributed by atoms with van der Waals surface area (Å²) in [5, 5.41) is 0.657. The molecule has 0 aromatic heterocycles. The topological polar surface area (TPSA) is 17.1 Å². The summed E-state index contributed by atoms with van der Waals surface area (Å²) < 4.78 is 0. The third kappa shape index (κ3) is 5.57. The predicted molar refractivity (Wildman–Crippen MR) is 39.5 cm³/mol. The van der Waals surface area contributed by atoms with Crippen LogP contribution in [0.4, 0.5) is 0 Å². The van der Waals surface area contributed by atoms with E-state index in [2.05, 4.69) is 0 Å². The first-order chi connectivity index (χ1) is 4.16. The molecule has 0 unspecified atom stereocenters. The van der Waals surface area contributed by atoms with Gasteiger partial charge in [-0.3, -0.25) is 4.79 Å². The number of ketones is 1. The lowest BCUT2D eigenvalue weighted by atomic mass is 10.3. The normalized spacial score (nSPS) is 11.7. The maximum atomic E-state index is 10.4. The van der Waals surface area contributed by atoms with Crippen LogP contribution < -0.4 is 0 Å². The number of allylic oxidation sites excluding steroid dienone is 2. The fourth-order valence-electron chi connectivity index (χ4n) is 0.532. The molecule has 0 aliphatic rings. The standard InChI is InChI=1S/C7H11ClO/c1-3-4-7(8)5-6(2)9/h5H,3-4H2,1-2H3. The Labute approximate surface area is 60.7 Å². The van der Waals surface area contributed by atoms with Crippen molar-refractivity contribution in [1.29, 1.82) is 0 Å². The van der Waals surface area contributed by atoms with E-state index in [1.165, 1.54) is 13.0 Å². The molecule has 0 aliphatic carbocycles. The van der Waals surface area contributed by atoms with Gasteiger partial charge in [0, 0.05) is 5.03 Å². The van der Waals surface area contributed by atoms with Gasteiger partial charge in [0.15, 0.2) is 5.78 Å². The van der Waals surface area contributed by atoms with Gasteiger partial charge < -0.3 is 0 Å². The van der Waals surface area contributed by atoms with E-state index in [0.29, 0.717) is 5.03 Å². The molecular formula is C7H11ClO. The lowest BCUT2D eigenvalue weighted by Gasteiger charge is -1.90. The summed E-state index contributed by atoms with van der Waals surface area (Å²) in [4.78, 5) is 10.4. The Kier molecular flexibility index (Phi) is 4.41. The molecule has 0 saturated carbocycles. The average molecular weight is 147 g/mol. The van der Waals surface area contributed by atoms with Crippen molar-refractivity contribution in [2.75, 3.05) is 0 Å². The van der Waals surface area contributed by atoms with Crippen LogP contribution in [0, 0.1) is 0 Å². The Bertz CT molecular complexity index is 127. The average Bonchev–Trinajstić information content (AvgIpc) is 1.63. The van der Waals surface area contributed by atoms with E-state index in [4.69, 9.17) is 11.6 Å². The van der Waals surface area contributed by atoms with Crippen molar-refractivity contribution >= 4 is 17.4 Å². The summed E-state index contributed by atoms with van der Waals surface area (Å²) in [6, 6.07) is 0. The van der Waals surface area contributed by atoms with Gasteiger partial charge in [-0.25, -0.2) is 0 Å². The molecule has 0 aromatic carbocycles. The van der Waals surface area contributed by atoms with Gasteiger partial charge >= 0.3 is 0 Å². The first kappa shape index (κ1) is 8.70. The van der Waals surface area contributed by atoms with Crippen molar-refractivity contribution in [3.05, 3.63) is 11.1 Å². The van der Waals surface area contributed by atoms with Crippen LogP contribution in [-0.4, -0.2) is 5.78 Å². The van der Waals surface area contributed by atoms with Gasteiger partial charge in [0.25, 0.3) is 0 Å². The zero-order chi connectivity index (χ0) is 7.28. The number of carbonyl (C=O) groups is 1. The highest BCUT2D eigenvalue weighted by atomic mass is 35.5. The van der Waals surface area contributed by atoms with Crippen molar-refractivity contribution in [1.82, 2.24) is 0 Å². The van der Waals surface area contributed by atoms with E-state index in [0.717, 1.165) is 12.8 Å². The molecule has 0 atom stereocenters. The van der Waals surface area contributed by atoms with Crippen LogP contribution in [0.5, 0.6) is 0 Å². The fraction of sp³-hybridized carbons (Fsp3) is 0.571. The minimum absolute atomic E-state index is 0.0217. The molecule has 0 rings (SSSR count). The van der Waals surface area contributed by atoms with Crippen LogP contribution in [0.15, 0.2) is 11.1 Å². The molecule has 0 spiro atoms. The smallest absolute Gasteiger partial charge is 0.153 e. The summed E-state index contributed by atoms with van der Waals surface area (Å²) in [6.07, 6.45) is 3.26. The van der Waals surface area contributed by atoms with Crippen molar-refractivity contribution < 1.29 is 4.79 Å². The summed E-state index contributed by atoms with van der Waals surface area (Å²) in [5.41, 5.74) is 0. The number of rotatable bonds is 3. The number of halogens is 1. The summed E-state index contributed by atoms with van der Waals surface area (Å²) in [7, 11) is 0. The Balaban J connectivity index is 3.69. The second-order valence-electron chi connectivity index (χ2n) is 1.95. The van der Waals surface area contributed by atoms with E-state index in [-0.39, 0.29) is 5.78 Å². The quantitative estimate of drug-likeness (QED) is 0.560. The molecule has 2 heteroatoms. The van der Waals surface area contributed by atoms with Crippen LogP contribution >= 0.6 is 11.6 Å². The molecule has 0 radical (unpaired) electrons. The van der Waals surface area contributed by atoms with Crippen molar-refractivity contribution in [3.8, 4) is 0 Å². The van der Waals surface area contributed by atoms with Gasteiger partial charge in [0.05, 0.1) is 0 Å². The Hall–Kier alpha value is -0.300. The van der Waals surface area contributed by atoms with Gasteiger partial charge in [-0.05, 0) is 19.4 Å². The minimum Gasteiger partial charge on any atom is -0.295 e. The highest BCUT2D eigenvalue weighted by Gasteiger charge is 1.90. The van der Waals surface area contributed by atoms with Gasteiger partial charge in [-0.1, -0.05) is 24.9 Å². The Morgan fingerprint density at radius 1 is 1.67 bits per heavy atom. The van der Waals surface area contributed by atoms with Crippen molar-refractivity contribution in [2.24, 2.45) is 0 Å². The maximum absolute atomic E-state index is 10.4. The molecule has 0 saturated heterocycles.